The molecule has 1 rings (SSSR count). The minimum atomic E-state index is -2.66. The summed E-state index contributed by atoms with van der Waals surface area (Å²) < 4.78 is 29.7. The molecule has 0 saturated heterocycles. The lowest BCUT2D eigenvalue weighted by Crippen LogP contribution is -2.16. The van der Waals surface area contributed by atoms with Gasteiger partial charge in [0, 0.05) is 12.2 Å². The molecule has 0 fully saturated rings. The maximum Gasteiger partial charge on any atom is 0.355 e. The summed E-state index contributed by atoms with van der Waals surface area (Å²) in [6.07, 6.45) is -1.09. The molecule has 16 heavy (non-hydrogen) atoms. The third kappa shape index (κ3) is 2.95. The van der Waals surface area contributed by atoms with E-state index in [1.165, 1.54) is 6.07 Å². The number of aromatic nitrogens is 1. The number of halogens is 2. The van der Waals surface area contributed by atoms with Crippen molar-refractivity contribution in [1.82, 2.24) is 4.57 Å². The van der Waals surface area contributed by atoms with Gasteiger partial charge in [-0.25, -0.2) is 13.6 Å². The Hall–Kier alpha value is -1.59. The van der Waals surface area contributed by atoms with Crippen LogP contribution in [0, 0.1) is 0 Å². The van der Waals surface area contributed by atoms with Crippen molar-refractivity contribution >= 4 is 11.7 Å². The Kier molecular flexibility index (Phi) is 3.87. The number of anilines is 1. The zero-order chi connectivity index (χ0) is 12.3. The summed E-state index contributed by atoms with van der Waals surface area (Å²) in [5, 5.41) is 0. The predicted octanol–water partition coefficient (Wildman–Crippen LogP) is 2.07. The summed E-state index contributed by atoms with van der Waals surface area (Å²) in [4.78, 5) is 11.5. The van der Waals surface area contributed by atoms with Crippen molar-refractivity contribution in [2.24, 2.45) is 0 Å². The first kappa shape index (κ1) is 12.5. The van der Waals surface area contributed by atoms with Crippen LogP contribution in [0.25, 0.3) is 0 Å². The zero-order valence-electron chi connectivity index (χ0n) is 9.11. The second-order valence-electron chi connectivity index (χ2n) is 3.65. The van der Waals surface area contributed by atoms with Crippen LogP contribution in [0.15, 0.2) is 12.3 Å². The third-order valence-corrected chi connectivity index (χ3v) is 1.98. The molecule has 0 saturated carbocycles. The van der Waals surface area contributed by atoms with Gasteiger partial charge in [0.2, 0.25) is 0 Å². The molecular weight excluding hydrogens is 218 g/mol. The predicted molar refractivity (Wildman–Crippen MR) is 55.5 cm³/mol. The molecule has 2 N–H and O–H groups in total. The van der Waals surface area contributed by atoms with Gasteiger partial charge in [0.1, 0.15) is 5.69 Å². The van der Waals surface area contributed by atoms with Crippen LogP contribution in [0.4, 0.5) is 14.5 Å². The van der Waals surface area contributed by atoms with E-state index in [1.807, 2.05) is 13.8 Å². The Balaban J connectivity index is 2.82. The monoisotopic (exact) mass is 232 g/mol. The molecule has 1 aromatic heterocycles. The number of nitrogen functional groups attached to an aromatic ring is 1. The summed E-state index contributed by atoms with van der Waals surface area (Å²) in [5.74, 6) is -0.786. The number of carbonyl (C=O) groups excluding carboxylic acids is 1. The molecule has 0 aromatic carbocycles. The van der Waals surface area contributed by atoms with Gasteiger partial charge in [0.15, 0.2) is 6.61 Å². The molecule has 0 unspecified atom stereocenters. The second kappa shape index (κ2) is 4.96. The van der Waals surface area contributed by atoms with E-state index in [0.29, 0.717) is 5.69 Å². The molecule has 4 nitrogen and oxygen atoms in total. The zero-order valence-corrected chi connectivity index (χ0v) is 9.11. The van der Waals surface area contributed by atoms with Gasteiger partial charge in [0.05, 0.1) is 5.69 Å². The Labute approximate surface area is 92.0 Å². The summed E-state index contributed by atoms with van der Waals surface area (Å²) in [7, 11) is 0. The normalized spacial score (nSPS) is 11.1. The first-order valence-corrected chi connectivity index (χ1v) is 4.84. The van der Waals surface area contributed by atoms with E-state index in [0.717, 1.165) is 0 Å². The van der Waals surface area contributed by atoms with Gasteiger partial charge < -0.3 is 15.0 Å². The van der Waals surface area contributed by atoms with E-state index < -0.39 is 19.0 Å². The molecule has 6 heteroatoms. The van der Waals surface area contributed by atoms with E-state index in [1.54, 1.807) is 10.8 Å². The molecular formula is C10H14F2N2O2. The van der Waals surface area contributed by atoms with Gasteiger partial charge in [-0.3, -0.25) is 0 Å². The SMILES string of the molecule is CC(C)n1cc(N)cc1C(=O)OCC(F)F. The van der Waals surface area contributed by atoms with Crippen LogP contribution in [-0.2, 0) is 4.74 Å². The number of nitrogens with two attached hydrogens (primary N) is 1. The number of esters is 1. The van der Waals surface area contributed by atoms with E-state index in [2.05, 4.69) is 4.74 Å². The summed E-state index contributed by atoms with van der Waals surface area (Å²) >= 11 is 0. The third-order valence-electron chi connectivity index (χ3n) is 1.98. The van der Waals surface area contributed by atoms with Crippen molar-refractivity contribution in [3.63, 3.8) is 0 Å². The molecule has 0 aliphatic heterocycles. The average molecular weight is 232 g/mol. The minimum Gasteiger partial charge on any atom is -0.455 e. The first-order chi connectivity index (χ1) is 7.41. The fraction of sp³-hybridized carbons (Fsp3) is 0.500. The van der Waals surface area contributed by atoms with Crippen molar-refractivity contribution in [2.45, 2.75) is 26.3 Å². The molecule has 0 spiro atoms. The largest absolute Gasteiger partial charge is 0.455 e. The standard InChI is InChI=1S/C10H14F2N2O2/c1-6(2)14-4-7(13)3-8(14)10(15)16-5-9(11)12/h3-4,6,9H,5,13H2,1-2H3. The van der Waals surface area contributed by atoms with Crippen LogP contribution < -0.4 is 5.73 Å². The fourth-order valence-electron chi connectivity index (χ4n) is 1.30. The highest BCUT2D eigenvalue weighted by Crippen LogP contribution is 2.17. The molecule has 90 valence electrons. The Morgan fingerprint density at radius 1 is 1.56 bits per heavy atom. The molecule has 0 amide bonds. The van der Waals surface area contributed by atoms with Crippen LogP contribution in [0.2, 0.25) is 0 Å². The number of ether oxygens (including phenoxy) is 1. The van der Waals surface area contributed by atoms with Crippen molar-refractivity contribution in [3.05, 3.63) is 18.0 Å². The van der Waals surface area contributed by atoms with Crippen molar-refractivity contribution in [3.8, 4) is 0 Å². The maximum atomic E-state index is 11.9. The average Bonchev–Trinajstić information content (AvgIpc) is 2.56. The lowest BCUT2D eigenvalue weighted by atomic mass is 10.3. The van der Waals surface area contributed by atoms with Crippen molar-refractivity contribution in [1.29, 1.82) is 0 Å². The lowest BCUT2D eigenvalue weighted by molar-refractivity contribution is 0.0149. The molecule has 1 heterocycles. The molecule has 0 aliphatic rings. The van der Waals surface area contributed by atoms with Crippen molar-refractivity contribution < 1.29 is 18.3 Å². The quantitative estimate of drug-likeness (QED) is 0.808. The maximum absolute atomic E-state index is 11.9. The summed E-state index contributed by atoms with van der Waals surface area (Å²) in [6, 6.07) is 1.42. The van der Waals surface area contributed by atoms with E-state index in [4.69, 9.17) is 5.73 Å². The van der Waals surface area contributed by atoms with Crippen LogP contribution in [0.3, 0.4) is 0 Å². The number of rotatable bonds is 4. The smallest absolute Gasteiger partial charge is 0.355 e. The highest BCUT2D eigenvalue weighted by Gasteiger charge is 2.17. The van der Waals surface area contributed by atoms with Crippen LogP contribution >= 0.6 is 0 Å². The lowest BCUT2D eigenvalue weighted by Gasteiger charge is -2.11. The number of alkyl halides is 2. The minimum absolute atomic E-state index is 0.00593. The molecule has 0 atom stereocenters. The molecule has 1 aromatic rings. The van der Waals surface area contributed by atoms with Gasteiger partial charge in [0.25, 0.3) is 6.43 Å². The first-order valence-electron chi connectivity index (χ1n) is 4.84. The highest BCUT2D eigenvalue weighted by atomic mass is 19.3. The second-order valence-corrected chi connectivity index (χ2v) is 3.65. The van der Waals surface area contributed by atoms with E-state index >= 15 is 0 Å². The van der Waals surface area contributed by atoms with Crippen LogP contribution in [-0.4, -0.2) is 23.6 Å². The van der Waals surface area contributed by atoms with Gasteiger partial charge in [-0.1, -0.05) is 0 Å². The number of hydrogen-bond acceptors (Lipinski definition) is 3. The topological polar surface area (TPSA) is 57.2 Å². The highest BCUT2D eigenvalue weighted by molar-refractivity contribution is 5.89. The molecule has 0 aliphatic carbocycles. The van der Waals surface area contributed by atoms with E-state index in [9.17, 15) is 13.6 Å². The number of carbonyl (C=O) groups is 1. The molecule has 0 radical (unpaired) electrons. The van der Waals surface area contributed by atoms with Gasteiger partial charge in [-0.2, -0.15) is 0 Å². The summed E-state index contributed by atoms with van der Waals surface area (Å²) in [6.45, 7) is 2.80. The van der Waals surface area contributed by atoms with Gasteiger partial charge >= 0.3 is 5.97 Å². The van der Waals surface area contributed by atoms with E-state index in [-0.39, 0.29) is 11.7 Å². The fourth-order valence-corrected chi connectivity index (χ4v) is 1.30. The van der Waals surface area contributed by atoms with Gasteiger partial charge in [-0.05, 0) is 19.9 Å². The number of nitrogens with zero attached hydrogens (tertiary/aromatic N) is 1. The number of hydrogen-bond donors (Lipinski definition) is 1. The van der Waals surface area contributed by atoms with Crippen molar-refractivity contribution in [2.75, 3.05) is 12.3 Å². The van der Waals surface area contributed by atoms with Crippen LogP contribution in [0.5, 0.6) is 0 Å². The van der Waals surface area contributed by atoms with Gasteiger partial charge in [-0.15, -0.1) is 0 Å². The summed E-state index contributed by atoms with van der Waals surface area (Å²) in [5.41, 5.74) is 6.12. The molecule has 0 bridgehead atoms. The Morgan fingerprint density at radius 2 is 2.19 bits per heavy atom. The van der Waals surface area contributed by atoms with Crippen LogP contribution in [0.1, 0.15) is 30.4 Å². The Bertz CT molecular complexity index is 375. The Morgan fingerprint density at radius 3 is 2.69 bits per heavy atom.